The Morgan fingerprint density at radius 1 is 1.10 bits per heavy atom. The van der Waals surface area contributed by atoms with Crippen molar-refractivity contribution in [1.82, 2.24) is 4.98 Å². The third-order valence-electron chi connectivity index (χ3n) is 3.60. The van der Waals surface area contributed by atoms with E-state index in [4.69, 9.17) is 5.26 Å². The second kappa shape index (κ2) is 5.64. The molecule has 0 spiro atoms. The van der Waals surface area contributed by atoms with Crippen LogP contribution >= 0.6 is 0 Å². The fraction of sp³-hybridized carbons (Fsp3) is 0.111. The highest BCUT2D eigenvalue weighted by molar-refractivity contribution is 5.93. The number of hydrogen-bond donors (Lipinski definition) is 1. The van der Waals surface area contributed by atoms with Crippen molar-refractivity contribution in [2.24, 2.45) is 0 Å². The molecule has 0 saturated heterocycles. The molecule has 3 nitrogen and oxygen atoms in total. The smallest absolute Gasteiger partial charge is 0.0991 e. The maximum Gasteiger partial charge on any atom is 0.0991 e. The molecule has 1 heterocycles. The normalized spacial score (nSPS) is 11.8. The molecule has 21 heavy (non-hydrogen) atoms. The molecule has 0 aliphatic carbocycles. The van der Waals surface area contributed by atoms with Crippen molar-refractivity contribution in [2.45, 2.75) is 13.0 Å². The topological polar surface area (TPSA) is 48.7 Å². The Bertz CT molecular complexity index is 795. The lowest BCUT2D eigenvalue weighted by molar-refractivity contribution is 0.886. The van der Waals surface area contributed by atoms with Crippen LogP contribution in [-0.2, 0) is 0 Å². The van der Waals surface area contributed by atoms with Gasteiger partial charge in [-0.2, -0.15) is 5.26 Å². The minimum absolute atomic E-state index is 0.156. The van der Waals surface area contributed by atoms with Gasteiger partial charge in [-0.05, 0) is 42.1 Å². The van der Waals surface area contributed by atoms with E-state index in [1.54, 1.807) is 6.20 Å². The molecule has 1 unspecified atom stereocenters. The van der Waals surface area contributed by atoms with Crippen LogP contribution in [-0.4, -0.2) is 4.98 Å². The van der Waals surface area contributed by atoms with Crippen LogP contribution < -0.4 is 5.32 Å². The molecule has 0 bridgehead atoms. The first kappa shape index (κ1) is 13.1. The molecule has 0 radical (unpaired) electrons. The molecule has 3 rings (SSSR count). The van der Waals surface area contributed by atoms with Crippen LogP contribution in [0.15, 0.2) is 60.9 Å². The predicted molar refractivity (Wildman–Crippen MR) is 84.9 cm³/mol. The van der Waals surface area contributed by atoms with Crippen molar-refractivity contribution in [3.05, 3.63) is 72.1 Å². The molecular formula is C18H15N3. The monoisotopic (exact) mass is 273 g/mol. The van der Waals surface area contributed by atoms with Gasteiger partial charge in [-0.15, -0.1) is 0 Å². The number of nitrogens with one attached hydrogen (secondary N) is 1. The Morgan fingerprint density at radius 2 is 1.90 bits per heavy atom. The van der Waals surface area contributed by atoms with Crippen molar-refractivity contribution in [3.63, 3.8) is 0 Å². The summed E-state index contributed by atoms with van der Waals surface area (Å²) in [5.74, 6) is 0. The molecule has 3 heteroatoms. The second-order valence-corrected chi connectivity index (χ2v) is 5.00. The first-order valence-electron chi connectivity index (χ1n) is 6.87. The quantitative estimate of drug-likeness (QED) is 0.774. The van der Waals surface area contributed by atoms with Gasteiger partial charge in [0.1, 0.15) is 0 Å². The first-order valence-corrected chi connectivity index (χ1v) is 6.87. The van der Waals surface area contributed by atoms with E-state index in [-0.39, 0.29) is 6.04 Å². The Hall–Kier alpha value is -2.86. The maximum absolute atomic E-state index is 8.85. The van der Waals surface area contributed by atoms with Gasteiger partial charge in [-0.25, -0.2) is 0 Å². The third kappa shape index (κ3) is 2.70. The van der Waals surface area contributed by atoms with Crippen molar-refractivity contribution in [3.8, 4) is 6.07 Å². The molecule has 0 aliphatic heterocycles. The van der Waals surface area contributed by atoms with Gasteiger partial charge in [-0.3, -0.25) is 4.98 Å². The van der Waals surface area contributed by atoms with Gasteiger partial charge in [0.05, 0.1) is 11.6 Å². The minimum Gasteiger partial charge on any atom is -0.378 e. The summed E-state index contributed by atoms with van der Waals surface area (Å²) in [7, 11) is 0. The summed E-state index contributed by atoms with van der Waals surface area (Å²) in [6.07, 6.45) is 3.68. The van der Waals surface area contributed by atoms with Gasteiger partial charge in [0.25, 0.3) is 0 Å². The SMILES string of the molecule is CC(Nc1cccc2ccncc12)c1ccc(C#N)cc1. The molecule has 0 amide bonds. The number of rotatable bonds is 3. The Morgan fingerprint density at radius 3 is 2.67 bits per heavy atom. The lowest BCUT2D eigenvalue weighted by Gasteiger charge is -2.17. The van der Waals surface area contributed by atoms with E-state index in [1.165, 1.54) is 5.39 Å². The van der Waals surface area contributed by atoms with Gasteiger partial charge in [0.2, 0.25) is 0 Å². The number of nitriles is 1. The average molecular weight is 273 g/mol. The van der Waals surface area contributed by atoms with Crippen molar-refractivity contribution < 1.29 is 0 Å². The van der Waals surface area contributed by atoms with E-state index in [1.807, 2.05) is 42.6 Å². The fourth-order valence-electron chi connectivity index (χ4n) is 2.40. The van der Waals surface area contributed by atoms with Gasteiger partial charge < -0.3 is 5.32 Å². The summed E-state index contributed by atoms with van der Waals surface area (Å²) in [4.78, 5) is 4.20. The highest BCUT2D eigenvalue weighted by Gasteiger charge is 2.07. The van der Waals surface area contributed by atoms with Crippen LogP contribution in [0, 0.1) is 11.3 Å². The number of nitrogens with zero attached hydrogens (tertiary/aromatic N) is 2. The molecule has 0 aliphatic rings. The Balaban J connectivity index is 1.89. The molecule has 1 aromatic heterocycles. The Kier molecular flexibility index (Phi) is 3.53. The number of aromatic nitrogens is 1. The largest absolute Gasteiger partial charge is 0.378 e. The maximum atomic E-state index is 8.85. The Labute approximate surface area is 123 Å². The van der Waals surface area contributed by atoms with E-state index in [2.05, 4.69) is 35.4 Å². The molecule has 0 saturated carbocycles. The van der Waals surface area contributed by atoms with Crippen LogP contribution in [0.2, 0.25) is 0 Å². The number of pyridine rings is 1. The second-order valence-electron chi connectivity index (χ2n) is 5.00. The zero-order valence-electron chi connectivity index (χ0n) is 11.7. The van der Waals surface area contributed by atoms with Crippen molar-refractivity contribution >= 4 is 16.5 Å². The standard InChI is InChI=1S/C18H15N3/c1-13(15-7-5-14(11-19)6-8-15)21-18-4-2-3-16-9-10-20-12-17(16)18/h2-10,12-13,21H,1H3. The molecule has 1 N–H and O–H groups in total. The van der Waals surface area contributed by atoms with Crippen LogP contribution in [0.25, 0.3) is 10.8 Å². The van der Waals surface area contributed by atoms with Crippen molar-refractivity contribution in [2.75, 3.05) is 5.32 Å². The summed E-state index contributed by atoms with van der Waals surface area (Å²) >= 11 is 0. The summed E-state index contributed by atoms with van der Waals surface area (Å²) in [6.45, 7) is 2.11. The molecule has 2 aromatic carbocycles. The van der Waals surface area contributed by atoms with Gasteiger partial charge in [-0.1, -0.05) is 24.3 Å². The molecular weight excluding hydrogens is 258 g/mol. The summed E-state index contributed by atoms with van der Waals surface area (Å²) in [5, 5.41) is 14.6. The van der Waals surface area contributed by atoms with E-state index in [0.717, 1.165) is 16.6 Å². The molecule has 102 valence electrons. The van der Waals surface area contributed by atoms with Crippen molar-refractivity contribution in [1.29, 1.82) is 5.26 Å². The zero-order chi connectivity index (χ0) is 14.7. The number of hydrogen-bond acceptors (Lipinski definition) is 3. The number of benzene rings is 2. The highest BCUT2D eigenvalue weighted by Crippen LogP contribution is 2.26. The molecule has 3 aromatic rings. The first-order chi connectivity index (χ1) is 10.3. The minimum atomic E-state index is 0.156. The lowest BCUT2D eigenvalue weighted by Crippen LogP contribution is -2.06. The fourth-order valence-corrected chi connectivity index (χ4v) is 2.40. The lowest BCUT2D eigenvalue weighted by atomic mass is 10.1. The number of fused-ring (bicyclic) bond motifs is 1. The number of anilines is 1. The van der Waals surface area contributed by atoms with Crippen LogP contribution in [0.3, 0.4) is 0 Å². The van der Waals surface area contributed by atoms with Gasteiger partial charge >= 0.3 is 0 Å². The summed E-state index contributed by atoms with van der Waals surface area (Å²) < 4.78 is 0. The highest BCUT2D eigenvalue weighted by atomic mass is 14.9. The van der Waals surface area contributed by atoms with Gasteiger partial charge in [0.15, 0.2) is 0 Å². The molecule has 0 fully saturated rings. The van der Waals surface area contributed by atoms with Gasteiger partial charge in [0, 0.05) is 29.5 Å². The van der Waals surface area contributed by atoms with E-state index < -0.39 is 0 Å². The third-order valence-corrected chi connectivity index (χ3v) is 3.60. The van der Waals surface area contributed by atoms with E-state index in [0.29, 0.717) is 5.56 Å². The van der Waals surface area contributed by atoms with Crippen LogP contribution in [0.1, 0.15) is 24.1 Å². The average Bonchev–Trinajstić information content (AvgIpc) is 2.55. The van der Waals surface area contributed by atoms with Crippen LogP contribution in [0.4, 0.5) is 5.69 Å². The van der Waals surface area contributed by atoms with Crippen LogP contribution in [0.5, 0.6) is 0 Å². The zero-order valence-corrected chi connectivity index (χ0v) is 11.7. The predicted octanol–water partition coefficient (Wildman–Crippen LogP) is 4.28. The van der Waals surface area contributed by atoms with E-state index in [9.17, 15) is 0 Å². The van der Waals surface area contributed by atoms with E-state index >= 15 is 0 Å². The molecule has 1 atom stereocenters. The summed E-state index contributed by atoms with van der Waals surface area (Å²) in [6, 6.07) is 18.1. The summed E-state index contributed by atoms with van der Waals surface area (Å²) in [5.41, 5.74) is 2.90.